The predicted molar refractivity (Wildman–Crippen MR) is 92.9 cm³/mol. The smallest absolute Gasteiger partial charge is 0.239 e. The summed E-state index contributed by atoms with van der Waals surface area (Å²) >= 11 is 0. The van der Waals surface area contributed by atoms with Crippen LogP contribution in [0, 0.1) is 0 Å². The Morgan fingerprint density at radius 3 is 2.52 bits per heavy atom. The van der Waals surface area contributed by atoms with Gasteiger partial charge in [0, 0.05) is 19.5 Å². The molecule has 0 saturated carbocycles. The maximum absolute atomic E-state index is 11.1. The first kappa shape index (κ1) is 19.7. The fourth-order valence-electron chi connectivity index (χ4n) is 1.37. The number of guanidine groups is 1. The highest BCUT2D eigenvalue weighted by atomic mass is 127. The fraction of sp³-hybridized carbons (Fsp3) is 0.615. The molecule has 0 aliphatic heterocycles. The van der Waals surface area contributed by atoms with Crippen molar-refractivity contribution in [3.05, 3.63) is 17.8 Å². The second kappa shape index (κ2) is 8.85. The summed E-state index contributed by atoms with van der Waals surface area (Å²) in [5.74, 6) is 1.82. The molecule has 0 aliphatic carbocycles. The van der Waals surface area contributed by atoms with E-state index in [4.69, 9.17) is 4.42 Å². The molecule has 0 atom stereocenters. The minimum Gasteiger partial charge on any atom is -0.443 e. The average molecular weight is 409 g/mol. The molecule has 0 aromatic carbocycles. The van der Waals surface area contributed by atoms with Crippen LogP contribution in [-0.2, 0) is 16.8 Å². The number of carbonyl (C=O) groups is 1. The number of nitrogens with one attached hydrogen (secondary N) is 3. The van der Waals surface area contributed by atoms with Crippen molar-refractivity contribution in [3.8, 4) is 0 Å². The van der Waals surface area contributed by atoms with Gasteiger partial charge in [0.1, 0.15) is 5.76 Å². The lowest BCUT2D eigenvalue weighted by molar-refractivity contribution is -0.119. The fourth-order valence-corrected chi connectivity index (χ4v) is 1.37. The van der Waals surface area contributed by atoms with Gasteiger partial charge in [-0.05, 0) is 0 Å². The van der Waals surface area contributed by atoms with Gasteiger partial charge in [-0.25, -0.2) is 4.98 Å². The van der Waals surface area contributed by atoms with Crippen LogP contribution in [0.25, 0.3) is 0 Å². The van der Waals surface area contributed by atoms with E-state index >= 15 is 0 Å². The van der Waals surface area contributed by atoms with Crippen LogP contribution in [-0.4, -0.2) is 37.5 Å². The first-order chi connectivity index (χ1) is 9.36. The molecular formula is C13H24IN5O2. The number of hydrogen-bond donors (Lipinski definition) is 3. The third kappa shape index (κ3) is 6.78. The van der Waals surface area contributed by atoms with Gasteiger partial charge in [0.25, 0.3) is 0 Å². The van der Waals surface area contributed by atoms with Crippen LogP contribution in [0.2, 0.25) is 0 Å². The van der Waals surface area contributed by atoms with E-state index in [2.05, 4.69) is 46.7 Å². The van der Waals surface area contributed by atoms with Gasteiger partial charge < -0.3 is 20.4 Å². The zero-order chi connectivity index (χ0) is 15.2. The number of oxazole rings is 1. The minimum absolute atomic E-state index is 0. The molecule has 1 heterocycles. The van der Waals surface area contributed by atoms with Crippen molar-refractivity contribution in [2.45, 2.75) is 32.7 Å². The Labute approximate surface area is 142 Å². The molecule has 21 heavy (non-hydrogen) atoms. The molecule has 0 saturated heterocycles. The first-order valence-electron chi connectivity index (χ1n) is 6.47. The molecule has 1 amide bonds. The van der Waals surface area contributed by atoms with E-state index < -0.39 is 0 Å². The lowest BCUT2D eigenvalue weighted by Crippen LogP contribution is -2.42. The molecule has 0 radical (unpaired) electrons. The molecule has 1 aromatic rings. The largest absolute Gasteiger partial charge is 0.443 e. The van der Waals surface area contributed by atoms with Crippen molar-refractivity contribution < 1.29 is 9.21 Å². The predicted octanol–water partition coefficient (Wildman–Crippen LogP) is 1.00. The van der Waals surface area contributed by atoms with Gasteiger partial charge in [-0.3, -0.25) is 9.79 Å². The van der Waals surface area contributed by atoms with Gasteiger partial charge in [0.15, 0.2) is 5.96 Å². The summed E-state index contributed by atoms with van der Waals surface area (Å²) in [6.45, 7) is 6.76. The van der Waals surface area contributed by atoms with E-state index in [1.165, 1.54) is 0 Å². The van der Waals surface area contributed by atoms with Gasteiger partial charge in [-0.15, -0.1) is 24.0 Å². The quantitative estimate of drug-likeness (QED) is 0.392. The number of amides is 1. The topological polar surface area (TPSA) is 91.5 Å². The molecule has 7 nitrogen and oxygen atoms in total. The van der Waals surface area contributed by atoms with Crippen LogP contribution >= 0.6 is 24.0 Å². The second-order valence-electron chi connectivity index (χ2n) is 5.32. The van der Waals surface area contributed by atoms with Crippen LogP contribution in [0.1, 0.15) is 32.4 Å². The summed E-state index contributed by atoms with van der Waals surface area (Å²) in [6.07, 6.45) is 1.73. The number of halogens is 1. The number of aromatic nitrogens is 1. The Morgan fingerprint density at radius 2 is 2.05 bits per heavy atom. The molecular weight excluding hydrogens is 385 g/mol. The zero-order valence-electron chi connectivity index (χ0n) is 13.1. The normalized spacial score (nSPS) is 11.6. The van der Waals surface area contributed by atoms with E-state index in [0.29, 0.717) is 18.4 Å². The Bertz CT molecular complexity index is 479. The van der Waals surface area contributed by atoms with Gasteiger partial charge in [0.05, 0.1) is 19.3 Å². The molecule has 0 aliphatic rings. The average Bonchev–Trinajstić information content (AvgIpc) is 2.87. The number of aliphatic imine (C=N–C) groups is 1. The molecule has 1 aromatic heterocycles. The highest BCUT2D eigenvalue weighted by Crippen LogP contribution is 2.22. The molecule has 0 spiro atoms. The van der Waals surface area contributed by atoms with E-state index in [0.717, 1.165) is 5.76 Å². The summed E-state index contributed by atoms with van der Waals surface area (Å²) in [6, 6.07) is 0. The van der Waals surface area contributed by atoms with Crippen LogP contribution in [0.5, 0.6) is 0 Å². The summed E-state index contributed by atoms with van der Waals surface area (Å²) in [5, 5.41) is 8.44. The Morgan fingerprint density at radius 1 is 1.38 bits per heavy atom. The Kier molecular flexibility index (Phi) is 8.30. The molecule has 1 rings (SSSR count). The van der Waals surface area contributed by atoms with Gasteiger partial charge in [-0.2, -0.15) is 0 Å². The number of carbonyl (C=O) groups excluding carboxylic acids is 1. The molecule has 0 bridgehead atoms. The summed E-state index contributed by atoms with van der Waals surface area (Å²) in [5.41, 5.74) is -0.0651. The van der Waals surface area contributed by atoms with Crippen molar-refractivity contribution in [3.63, 3.8) is 0 Å². The summed E-state index contributed by atoms with van der Waals surface area (Å²) in [7, 11) is 3.22. The van der Waals surface area contributed by atoms with E-state index in [1.807, 2.05) is 0 Å². The lowest BCUT2D eigenvalue weighted by atomic mass is 9.94. The monoisotopic (exact) mass is 409 g/mol. The highest BCUT2D eigenvalue weighted by Gasteiger charge is 2.19. The summed E-state index contributed by atoms with van der Waals surface area (Å²) in [4.78, 5) is 19.4. The van der Waals surface area contributed by atoms with Crippen LogP contribution in [0.4, 0.5) is 0 Å². The van der Waals surface area contributed by atoms with Gasteiger partial charge >= 0.3 is 0 Å². The van der Waals surface area contributed by atoms with Crippen molar-refractivity contribution in [2.75, 3.05) is 20.6 Å². The third-order valence-electron chi connectivity index (χ3n) is 2.62. The van der Waals surface area contributed by atoms with Crippen molar-refractivity contribution in [2.24, 2.45) is 4.99 Å². The molecule has 120 valence electrons. The summed E-state index contributed by atoms with van der Waals surface area (Å²) < 4.78 is 5.65. The number of nitrogens with zero attached hydrogens (tertiary/aromatic N) is 2. The molecule has 3 N–H and O–H groups in total. The lowest BCUT2D eigenvalue weighted by Gasteiger charge is -2.13. The van der Waals surface area contributed by atoms with Crippen molar-refractivity contribution in [1.82, 2.24) is 20.9 Å². The van der Waals surface area contributed by atoms with E-state index in [9.17, 15) is 4.79 Å². The second-order valence-corrected chi connectivity index (χ2v) is 5.32. The molecule has 8 heteroatoms. The number of likely N-dealkylation sites (N-methyl/N-ethyl adjacent to an activating group) is 1. The van der Waals surface area contributed by atoms with Crippen LogP contribution < -0.4 is 16.0 Å². The number of hydrogen-bond acceptors (Lipinski definition) is 4. The Balaban J connectivity index is 0.00000400. The minimum atomic E-state index is -0.112. The van der Waals surface area contributed by atoms with Crippen LogP contribution in [0.3, 0.4) is 0 Å². The van der Waals surface area contributed by atoms with E-state index in [-0.39, 0.29) is 41.8 Å². The highest BCUT2D eigenvalue weighted by molar-refractivity contribution is 14.0. The van der Waals surface area contributed by atoms with Gasteiger partial charge in [0.2, 0.25) is 11.8 Å². The maximum Gasteiger partial charge on any atom is 0.239 e. The van der Waals surface area contributed by atoms with Crippen molar-refractivity contribution >= 4 is 35.8 Å². The molecule has 0 fully saturated rings. The SMILES string of the molecule is CN=C(NCC(=O)NC)NCc1ncc(C(C)(C)C)o1.I. The van der Waals surface area contributed by atoms with Gasteiger partial charge in [-0.1, -0.05) is 20.8 Å². The van der Waals surface area contributed by atoms with Crippen molar-refractivity contribution in [1.29, 1.82) is 0 Å². The standard InChI is InChI=1S/C13H23N5O2.HI/c1-13(2,3)9-6-16-11(20-9)8-18-12(15-5)17-7-10(19)14-4;/h6H,7-8H2,1-5H3,(H,14,19)(H2,15,17,18);1H. The van der Waals surface area contributed by atoms with E-state index in [1.54, 1.807) is 20.3 Å². The molecule has 0 unspecified atom stereocenters. The zero-order valence-corrected chi connectivity index (χ0v) is 15.4. The first-order valence-corrected chi connectivity index (χ1v) is 6.47. The number of rotatable bonds is 4. The third-order valence-corrected chi connectivity index (χ3v) is 2.62. The maximum atomic E-state index is 11.1. The Hall–Kier alpha value is -1.32. The van der Waals surface area contributed by atoms with Crippen LogP contribution in [0.15, 0.2) is 15.6 Å².